The van der Waals surface area contributed by atoms with E-state index in [1.165, 1.54) is 44.9 Å². The maximum absolute atomic E-state index is 11.6. The van der Waals surface area contributed by atoms with Crippen LogP contribution in [-0.4, -0.2) is 35.7 Å². The molecule has 1 unspecified atom stereocenters. The highest BCUT2D eigenvalue weighted by molar-refractivity contribution is 7.87. The SMILES string of the molecule is CCCCCCCCCCCCCC(=O)C(CO)S(=O)(=O)O. The monoisotopic (exact) mass is 336 g/mol. The van der Waals surface area contributed by atoms with Gasteiger partial charge in [-0.2, -0.15) is 8.42 Å². The molecule has 2 N–H and O–H groups in total. The number of hydrogen-bond donors (Lipinski definition) is 2. The Balaban J connectivity index is 3.52. The molecular weight excluding hydrogens is 304 g/mol. The molecule has 0 heterocycles. The van der Waals surface area contributed by atoms with E-state index in [1.807, 2.05) is 0 Å². The lowest BCUT2D eigenvalue weighted by Crippen LogP contribution is -2.33. The minimum atomic E-state index is -4.48. The Bertz CT molecular complexity index is 378. The predicted octanol–water partition coefficient (Wildman–Crippen LogP) is 3.51. The molecule has 0 aromatic rings. The van der Waals surface area contributed by atoms with E-state index in [4.69, 9.17) is 9.66 Å². The number of ketones is 1. The summed E-state index contributed by atoms with van der Waals surface area (Å²) in [6.07, 6.45) is 12.8. The molecule has 0 aromatic heterocycles. The summed E-state index contributed by atoms with van der Waals surface area (Å²) >= 11 is 0. The normalized spacial score (nSPS) is 13.2. The van der Waals surface area contributed by atoms with Crippen LogP contribution in [0.4, 0.5) is 0 Å². The standard InChI is InChI=1S/C16H32O5S/c1-2-3-4-5-6-7-8-9-10-11-12-13-15(18)16(14-17)22(19,20)21/h16-17H,2-14H2,1H3,(H,19,20,21). The number of aliphatic hydroxyl groups is 1. The Morgan fingerprint density at radius 2 is 1.27 bits per heavy atom. The van der Waals surface area contributed by atoms with Crippen molar-refractivity contribution in [3.8, 4) is 0 Å². The van der Waals surface area contributed by atoms with E-state index in [1.54, 1.807) is 0 Å². The molecule has 0 aliphatic rings. The van der Waals surface area contributed by atoms with Gasteiger partial charge in [0.1, 0.15) is 0 Å². The van der Waals surface area contributed by atoms with Crippen molar-refractivity contribution in [2.45, 2.75) is 89.2 Å². The van der Waals surface area contributed by atoms with Gasteiger partial charge in [-0.05, 0) is 6.42 Å². The average molecular weight is 336 g/mol. The number of Topliss-reactive ketones (excluding diaryl/α,β-unsaturated/α-hetero) is 1. The molecule has 0 aromatic carbocycles. The number of unbranched alkanes of at least 4 members (excludes halogenated alkanes) is 10. The van der Waals surface area contributed by atoms with Gasteiger partial charge in [-0.3, -0.25) is 9.35 Å². The first-order valence-corrected chi connectivity index (χ1v) is 10.0. The van der Waals surface area contributed by atoms with Gasteiger partial charge < -0.3 is 5.11 Å². The van der Waals surface area contributed by atoms with Crippen LogP contribution in [0.5, 0.6) is 0 Å². The van der Waals surface area contributed by atoms with Gasteiger partial charge >= 0.3 is 0 Å². The molecule has 0 radical (unpaired) electrons. The summed E-state index contributed by atoms with van der Waals surface area (Å²) in [6, 6.07) is 0. The fourth-order valence-electron chi connectivity index (χ4n) is 2.49. The largest absolute Gasteiger partial charge is 0.394 e. The fourth-order valence-corrected chi connectivity index (χ4v) is 3.13. The lowest BCUT2D eigenvalue weighted by atomic mass is 10.0. The molecular formula is C16H32O5S. The molecule has 0 saturated heterocycles. The Labute approximate surface area is 135 Å². The van der Waals surface area contributed by atoms with Crippen molar-refractivity contribution in [1.29, 1.82) is 0 Å². The predicted molar refractivity (Wildman–Crippen MR) is 88.5 cm³/mol. The zero-order chi connectivity index (χ0) is 16.8. The Hall–Kier alpha value is -0.460. The second-order valence-electron chi connectivity index (χ2n) is 5.94. The van der Waals surface area contributed by atoms with Gasteiger partial charge in [0.25, 0.3) is 10.1 Å². The van der Waals surface area contributed by atoms with Crippen LogP contribution in [-0.2, 0) is 14.9 Å². The van der Waals surface area contributed by atoms with Crippen LogP contribution in [0.3, 0.4) is 0 Å². The Kier molecular flexibility index (Phi) is 12.8. The van der Waals surface area contributed by atoms with Gasteiger partial charge in [0, 0.05) is 6.42 Å². The van der Waals surface area contributed by atoms with Crippen molar-refractivity contribution >= 4 is 15.9 Å². The molecule has 0 amide bonds. The Morgan fingerprint density at radius 3 is 1.64 bits per heavy atom. The van der Waals surface area contributed by atoms with Gasteiger partial charge in [0.05, 0.1) is 6.61 Å². The van der Waals surface area contributed by atoms with Gasteiger partial charge in [-0.25, -0.2) is 0 Å². The van der Waals surface area contributed by atoms with Crippen molar-refractivity contribution in [2.24, 2.45) is 0 Å². The topological polar surface area (TPSA) is 91.7 Å². The number of hydrogen-bond acceptors (Lipinski definition) is 4. The molecule has 0 aliphatic carbocycles. The van der Waals surface area contributed by atoms with Crippen LogP contribution < -0.4 is 0 Å². The van der Waals surface area contributed by atoms with E-state index in [2.05, 4.69) is 6.92 Å². The fraction of sp³-hybridized carbons (Fsp3) is 0.938. The van der Waals surface area contributed by atoms with Crippen molar-refractivity contribution in [2.75, 3.05) is 6.61 Å². The van der Waals surface area contributed by atoms with Gasteiger partial charge in [0.2, 0.25) is 0 Å². The molecule has 6 heteroatoms. The third-order valence-electron chi connectivity index (χ3n) is 3.91. The second kappa shape index (κ2) is 13.0. The average Bonchev–Trinajstić information content (AvgIpc) is 2.44. The summed E-state index contributed by atoms with van der Waals surface area (Å²) in [5, 5.41) is 7.18. The molecule has 0 spiro atoms. The first kappa shape index (κ1) is 21.5. The first-order valence-electron chi connectivity index (χ1n) is 8.53. The quantitative estimate of drug-likeness (QED) is 0.353. The molecule has 5 nitrogen and oxygen atoms in total. The highest BCUT2D eigenvalue weighted by Gasteiger charge is 2.29. The van der Waals surface area contributed by atoms with Crippen molar-refractivity contribution < 1.29 is 22.9 Å². The van der Waals surface area contributed by atoms with Crippen LogP contribution in [0.15, 0.2) is 0 Å². The summed E-state index contributed by atoms with van der Waals surface area (Å²) in [6.45, 7) is 1.36. The summed E-state index contributed by atoms with van der Waals surface area (Å²) in [5.74, 6) is -0.596. The zero-order valence-corrected chi connectivity index (χ0v) is 14.6. The van der Waals surface area contributed by atoms with Crippen LogP contribution in [0.1, 0.15) is 84.0 Å². The third kappa shape index (κ3) is 11.2. The minimum absolute atomic E-state index is 0.0992. The van der Waals surface area contributed by atoms with Gasteiger partial charge in [-0.15, -0.1) is 0 Å². The van der Waals surface area contributed by atoms with E-state index in [0.717, 1.165) is 19.3 Å². The Morgan fingerprint density at radius 1 is 0.864 bits per heavy atom. The lowest BCUT2D eigenvalue weighted by Gasteiger charge is -2.09. The smallest absolute Gasteiger partial charge is 0.277 e. The molecule has 0 bridgehead atoms. The van der Waals surface area contributed by atoms with Crippen LogP contribution in [0, 0.1) is 0 Å². The summed E-state index contributed by atoms with van der Waals surface area (Å²) < 4.78 is 30.6. The van der Waals surface area contributed by atoms with E-state index in [-0.39, 0.29) is 6.42 Å². The van der Waals surface area contributed by atoms with E-state index in [9.17, 15) is 13.2 Å². The summed E-state index contributed by atoms with van der Waals surface area (Å²) in [7, 11) is -4.48. The molecule has 22 heavy (non-hydrogen) atoms. The molecule has 0 rings (SSSR count). The van der Waals surface area contributed by atoms with E-state index in [0.29, 0.717) is 6.42 Å². The maximum Gasteiger partial charge on any atom is 0.277 e. The third-order valence-corrected chi connectivity index (χ3v) is 5.04. The number of carbonyl (C=O) groups is 1. The highest BCUT2D eigenvalue weighted by Crippen LogP contribution is 2.13. The molecule has 0 saturated carbocycles. The highest BCUT2D eigenvalue weighted by atomic mass is 32.2. The van der Waals surface area contributed by atoms with Crippen LogP contribution >= 0.6 is 0 Å². The van der Waals surface area contributed by atoms with Gasteiger partial charge in [-0.1, -0.05) is 71.1 Å². The first-order chi connectivity index (χ1) is 10.4. The maximum atomic E-state index is 11.6. The zero-order valence-electron chi connectivity index (χ0n) is 13.8. The molecule has 132 valence electrons. The molecule has 0 aliphatic heterocycles. The van der Waals surface area contributed by atoms with Crippen molar-refractivity contribution in [3.63, 3.8) is 0 Å². The number of carbonyl (C=O) groups excluding carboxylic acids is 1. The summed E-state index contributed by atoms with van der Waals surface area (Å²) in [4.78, 5) is 11.6. The molecule has 0 fully saturated rings. The number of aliphatic hydroxyl groups excluding tert-OH is 1. The second-order valence-corrected chi connectivity index (χ2v) is 7.54. The van der Waals surface area contributed by atoms with Crippen LogP contribution in [0.2, 0.25) is 0 Å². The van der Waals surface area contributed by atoms with Crippen molar-refractivity contribution in [3.05, 3.63) is 0 Å². The minimum Gasteiger partial charge on any atom is -0.394 e. The molecule has 1 atom stereocenters. The van der Waals surface area contributed by atoms with E-state index >= 15 is 0 Å². The summed E-state index contributed by atoms with van der Waals surface area (Å²) in [5.41, 5.74) is 0. The lowest BCUT2D eigenvalue weighted by molar-refractivity contribution is -0.119. The van der Waals surface area contributed by atoms with Crippen LogP contribution in [0.25, 0.3) is 0 Å². The van der Waals surface area contributed by atoms with Gasteiger partial charge in [0.15, 0.2) is 11.0 Å². The van der Waals surface area contributed by atoms with Crippen molar-refractivity contribution in [1.82, 2.24) is 0 Å². The number of rotatable bonds is 15. The van der Waals surface area contributed by atoms with E-state index < -0.39 is 27.8 Å².